The van der Waals surface area contributed by atoms with Crippen LogP contribution in [-0.4, -0.2) is 30.6 Å². The Bertz CT molecular complexity index is 442. The fraction of sp³-hybridized carbons (Fsp3) is 0.571. The summed E-state index contributed by atoms with van der Waals surface area (Å²) in [5.41, 5.74) is 7.15. The molecule has 2 rings (SSSR count). The quantitative estimate of drug-likeness (QED) is 0.841. The molecule has 3 N–H and O–H groups in total. The van der Waals surface area contributed by atoms with E-state index < -0.39 is 5.41 Å². The summed E-state index contributed by atoms with van der Waals surface area (Å²) in [4.78, 5) is 16.7. The number of amides is 1. The van der Waals surface area contributed by atoms with Gasteiger partial charge in [-0.25, -0.2) is 0 Å². The van der Waals surface area contributed by atoms with Crippen LogP contribution in [0.3, 0.4) is 0 Å². The van der Waals surface area contributed by atoms with E-state index in [4.69, 9.17) is 10.5 Å². The average molecular weight is 263 g/mol. The molecule has 104 valence electrons. The van der Waals surface area contributed by atoms with Gasteiger partial charge in [0.2, 0.25) is 5.91 Å². The zero-order chi connectivity index (χ0) is 13.7. The molecular formula is C14H21N3O2. The summed E-state index contributed by atoms with van der Waals surface area (Å²) >= 11 is 0. The number of nitrogens with one attached hydrogen (secondary N) is 1. The van der Waals surface area contributed by atoms with Crippen molar-refractivity contribution in [3.8, 4) is 0 Å². The Labute approximate surface area is 113 Å². The highest BCUT2D eigenvalue weighted by Gasteiger charge is 2.38. The van der Waals surface area contributed by atoms with E-state index in [9.17, 15) is 4.79 Å². The molecule has 0 atom stereocenters. The van der Waals surface area contributed by atoms with Crippen molar-refractivity contribution in [2.24, 2.45) is 11.1 Å². The highest BCUT2D eigenvalue weighted by molar-refractivity contribution is 5.83. The van der Waals surface area contributed by atoms with Crippen LogP contribution in [0.4, 0.5) is 0 Å². The summed E-state index contributed by atoms with van der Waals surface area (Å²) in [6.07, 6.45) is 1.38. The van der Waals surface area contributed by atoms with Gasteiger partial charge in [-0.2, -0.15) is 0 Å². The molecular weight excluding hydrogens is 242 g/mol. The van der Waals surface area contributed by atoms with Gasteiger partial charge in [0.05, 0.1) is 17.7 Å². The maximum Gasteiger partial charge on any atom is 0.227 e. The Balaban J connectivity index is 1.96. The van der Waals surface area contributed by atoms with Crippen molar-refractivity contribution in [1.29, 1.82) is 0 Å². The van der Waals surface area contributed by atoms with Crippen molar-refractivity contribution in [2.45, 2.75) is 26.3 Å². The molecule has 1 aliphatic rings. The Hall–Kier alpha value is -1.46. The molecule has 1 fully saturated rings. The zero-order valence-electron chi connectivity index (χ0n) is 11.3. The summed E-state index contributed by atoms with van der Waals surface area (Å²) in [5.74, 6) is 0.0154. The van der Waals surface area contributed by atoms with Crippen molar-refractivity contribution in [1.82, 2.24) is 10.3 Å². The van der Waals surface area contributed by atoms with Gasteiger partial charge in [0.1, 0.15) is 0 Å². The maximum absolute atomic E-state index is 12.3. The first-order valence-corrected chi connectivity index (χ1v) is 6.65. The van der Waals surface area contributed by atoms with Gasteiger partial charge >= 0.3 is 0 Å². The summed E-state index contributed by atoms with van der Waals surface area (Å²) in [5, 5.41) is 2.95. The normalized spacial score (nSPS) is 18.0. The third-order valence-electron chi connectivity index (χ3n) is 3.70. The van der Waals surface area contributed by atoms with Gasteiger partial charge in [0, 0.05) is 25.5 Å². The SMILES string of the molecule is Cc1cccc(CNC(=O)C2(CN)CCOCC2)n1. The predicted molar refractivity (Wildman–Crippen MR) is 72.4 cm³/mol. The highest BCUT2D eigenvalue weighted by atomic mass is 16.5. The number of hydrogen-bond donors (Lipinski definition) is 2. The van der Waals surface area contributed by atoms with Crippen LogP contribution in [0.15, 0.2) is 18.2 Å². The smallest absolute Gasteiger partial charge is 0.227 e. The number of nitrogens with two attached hydrogens (primary N) is 1. The molecule has 1 saturated heterocycles. The van der Waals surface area contributed by atoms with Gasteiger partial charge in [-0.1, -0.05) is 6.07 Å². The molecule has 19 heavy (non-hydrogen) atoms. The van der Waals surface area contributed by atoms with Crippen molar-refractivity contribution in [2.75, 3.05) is 19.8 Å². The molecule has 0 aromatic carbocycles. The minimum Gasteiger partial charge on any atom is -0.381 e. The largest absolute Gasteiger partial charge is 0.381 e. The molecule has 0 spiro atoms. The number of ether oxygens (including phenoxy) is 1. The molecule has 0 unspecified atom stereocenters. The van der Waals surface area contributed by atoms with Crippen LogP contribution in [0.1, 0.15) is 24.2 Å². The number of carbonyl (C=O) groups excluding carboxylic acids is 1. The minimum atomic E-state index is -0.470. The third-order valence-corrected chi connectivity index (χ3v) is 3.70. The van der Waals surface area contributed by atoms with E-state index in [1.54, 1.807) is 0 Å². The van der Waals surface area contributed by atoms with Gasteiger partial charge in [-0.15, -0.1) is 0 Å². The number of hydrogen-bond acceptors (Lipinski definition) is 4. The molecule has 2 heterocycles. The van der Waals surface area contributed by atoms with Crippen LogP contribution >= 0.6 is 0 Å². The second-order valence-electron chi connectivity index (χ2n) is 5.05. The molecule has 0 aliphatic carbocycles. The van der Waals surface area contributed by atoms with Crippen LogP contribution in [0.2, 0.25) is 0 Å². The number of pyridine rings is 1. The van der Waals surface area contributed by atoms with Gasteiger partial charge in [0.25, 0.3) is 0 Å². The first-order chi connectivity index (χ1) is 9.16. The van der Waals surface area contributed by atoms with Crippen LogP contribution in [0.25, 0.3) is 0 Å². The molecule has 0 radical (unpaired) electrons. The van der Waals surface area contributed by atoms with Gasteiger partial charge in [-0.3, -0.25) is 9.78 Å². The van der Waals surface area contributed by atoms with Crippen molar-refractivity contribution in [3.63, 3.8) is 0 Å². The Kier molecular flexibility index (Phi) is 4.50. The number of aromatic nitrogens is 1. The van der Waals surface area contributed by atoms with E-state index in [1.165, 1.54) is 0 Å². The predicted octanol–water partition coefficient (Wildman–Crippen LogP) is 0.762. The molecule has 0 bridgehead atoms. The lowest BCUT2D eigenvalue weighted by Gasteiger charge is -2.34. The van der Waals surface area contributed by atoms with E-state index in [0.29, 0.717) is 39.1 Å². The van der Waals surface area contributed by atoms with E-state index in [2.05, 4.69) is 10.3 Å². The van der Waals surface area contributed by atoms with Crippen molar-refractivity contribution >= 4 is 5.91 Å². The molecule has 5 heteroatoms. The number of carbonyl (C=O) groups is 1. The van der Waals surface area contributed by atoms with Crippen LogP contribution in [0, 0.1) is 12.3 Å². The average Bonchev–Trinajstić information content (AvgIpc) is 2.45. The fourth-order valence-corrected chi connectivity index (χ4v) is 2.34. The highest BCUT2D eigenvalue weighted by Crippen LogP contribution is 2.29. The number of rotatable bonds is 4. The summed E-state index contributed by atoms with van der Waals surface area (Å²) < 4.78 is 5.31. The summed E-state index contributed by atoms with van der Waals surface area (Å²) in [7, 11) is 0. The lowest BCUT2D eigenvalue weighted by molar-refractivity contribution is -0.136. The second kappa shape index (κ2) is 6.12. The van der Waals surface area contributed by atoms with Crippen LogP contribution in [-0.2, 0) is 16.1 Å². The molecule has 1 aliphatic heterocycles. The molecule has 1 aromatic rings. The zero-order valence-corrected chi connectivity index (χ0v) is 11.3. The van der Waals surface area contributed by atoms with Gasteiger partial charge in [0.15, 0.2) is 0 Å². The second-order valence-corrected chi connectivity index (χ2v) is 5.05. The molecule has 5 nitrogen and oxygen atoms in total. The van der Waals surface area contributed by atoms with Crippen molar-refractivity contribution in [3.05, 3.63) is 29.6 Å². The van der Waals surface area contributed by atoms with E-state index >= 15 is 0 Å². The van der Waals surface area contributed by atoms with Crippen LogP contribution < -0.4 is 11.1 Å². The Morgan fingerprint density at radius 2 is 2.21 bits per heavy atom. The third kappa shape index (κ3) is 3.30. The van der Waals surface area contributed by atoms with E-state index in [0.717, 1.165) is 11.4 Å². The lowest BCUT2D eigenvalue weighted by atomic mass is 9.79. The first kappa shape index (κ1) is 14.0. The monoisotopic (exact) mass is 263 g/mol. The van der Waals surface area contributed by atoms with Gasteiger partial charge < -0.3 is 15.8 Å². The topological polar surface area (TPSA) is 77.2 Å². The first-order valence-electron chi connectivity index (χ1n) is 6.65. The fourth-order valence-electron chi connectivity index (χ4n) is 2.34. The maximum atomic E-state index is 12.3. The minimum absolute atomic E-state index is 0.0154. The Morgan fingerprint density at radius 1 is 1.47 bits per heavy atom. The molecule has 1 amide bonds. The summed E-state index contributed by atoms with van der Waals surface area (Å²) in [6, 6.07) is 5.79. The standard InChI is InChI=1S/C14H21N3O2/c1-11-3-2-4-12(17-11)9-16-13(18)14(10-15)5-7-19-8-6-14/h2-4H,5-10,15H2,1H3,(H,16,18). The number of nitrogens with zero attached hydrogens (tertiary/aromatic N) is 1. The Morgan fingerprint density at radius 3 is 2.84 bits per heavy atom. The lowest BCUT2D eigenvalue weighted by Crippen LogP contribution is -2.49. The van der Waals surface area contributed by atoms with Gasteiger partial charge in [-0.05, 0) is 31.9 Å². The van der Waals surface area contributed by atoms with Crippen LogP contribution in [0.5, 0.6) is 0 Å². The molecule has 0 saturated carbocycles. The number of aryl methyl sites for hydroxylation is 1. The van der Waals surface area contributed by atoms with E-state index in [-0.39, 0.29) is 5.91 Å². The summed E-state index contributed by atoms with van der Waals surface area (Å²) in [6.45, 7) is 3.96. The van der Waals surface area contributed by atoms with E-state index in [1.807, 2.05) is 25.1 Å². The van der Waals surface area contributed by atoms with Crippen molar-refractivity contribution < 1.29 is 9.53 Å². The molecule has 1 aromatic heterocycles.